The van der Waals surface area contributed by atoms with Gasteiger partial charge in [0, 0.05) is 5.69 Å². The number of nitrogens with zero attached hydrogens (tertiary/aromatic N) is 1. The molecule has 0 aromatic heterocycles. The van der Waals surface area contributed by atoms with E-state index in [9.17, 15) is 14.4 Å². The number of likely N-dealkylation sites (tertiary alicyclic amines) is 1. The number of aryl methyl sites for hydroxylation is 2. The highest BCUT2D eigenvalue weighted by Crippen LogP contribution is 2.65. The monoisotopic (exact) mass is 350 g/mol. The number of carbonyl (C=O) groups is 3. The first-order valence-electron chi connectivity index (χ1n) is 9.37. The molecule has 4 aliphatic carbocycles. The zero-order valence-electron chi connectivity index (χ0n) is 14.9. The SMILES string of the molecule is Cc1cccc(C)c1NC(=O)CN1C(=O)[C@@H]2[C@H]3C=C[C@H]([C@H]4C[C@H]34)[C@@H]2C1=O. The molecule has 1 N–H and O–H groups in total. The van der Waals surface area contributed by atoms with E-state index in [0.29, 0.717) is 11.8 Å². The molecule has 26 heavy (non-hydrogen) atoms. The van der Waals surface area contributed by atoms with E-state index in [-0.39, 0.29) is 47.9 Å². The molecule has 0 unspecified atom stereocenters. The van der Waals surface area contributed by atoms with Gasteiger partial charge < -0.3 is 5.32 Å². The number of rotatable bonds is 3. The van der Waals surface area contributed by atoms with Crippen LogP contribution in [-0.4, -0.2) is 29.2 Å². The van der Waals surface area contributed by atoms with Crippen LogP contribution in [0.1, 0.15) is 17.5 Å². The number of imide groups is 1. The summed E-state index contributed by atoms with van der Waals surface area (Å²) in [6, 6.07) is 5.80. The molecule has 5 aliphatic rings. The third-order valence-electron chi connectivity index (χ3n) is 6.80. The van der Waals surface area contributed by atoms with Gasteiger partial charge >= 0.3 is 0 Å². The lowest BCUT2D eigenvalue weighted by Crippen LogP contribution is -2.40. The summed E-state index contributed by atoms with van der Waals surface area (Å²) in [6.07, 6.45) is 5.43. The fourth-order valence-electron chi connectivity index (χ4n) is 5.51. The number of anilines is 1. The average molecular weight is 350 g/mol. The van der Waals surface area contributed by atoms with Crippen LogP contribution in [0.15, 0.2) is 30.4 Å². The van der Waals surface area contributed by atoms with Gasteiger partial charge in [0.25, 0.3) is 0 Å². The second-order valence-corrected chi connectivity index (χ2v) is 8.23. The molecular weight excluding hydrogens is 328 g/mol. The Balaban J connectivity index is 1.35. The van der Waals surface area contributed by atoms with Crippen molar-refractivity contribution in [3.05, 3.63) is 41.5 Å². The topological polar surface area (TPSA) is 66.5 Å². The molecule has 3 fully saturated rings. The summed E-state index contributed by atoms with van der Waals surface area (Å²) in [5.41, 5.74) is 2.69. The van der Waals surface area contributed by atoms with E-state index in [1.54, 1.807) is 0 Å². The highest BCUT2D eigenvalue weighted by atomic mass is 16.2. The van der Waals surface area contributed by atoms with Crippen LogP contribution in [0, 0.1) is 49.4 Å². The molecule has 1 aromatic carbocycles. The Kier molecular flexibility index (Phi) is 3.21. The van der Waals surface area contributed by atoms with Crippen LogP contribution in [0.5, 0.6) is 0 Å². The number of allylic oxidation sites excluding steroid dienone is 2. The third kappa shape index (κ3) is 2.06. The Bertz CT molecular complexity index is 818. The van der Waals surface area contributed by atoms with Gasteiger partial charge in [0.15, 0.2) is 0 Å². The summed E-state index contributed by atoms with van der Waals surface area (Å²) >= 11 is 0. The molecule has 2 bridgehead atoms. The number of nitrogens with one attached hydrogen (secondary N) is 1. The van der Waals surface area contributed by atoms with Crippen LogP contribution in [-0.2, 0) is 14.4 Å². The number of hydrogen-bond acceptors (Lipinski definition) is 3. The molecule has 5 nitrogen and oxygen atoms in total. The fourth-order valence-corrected chi connectivity index (χ4v) is 5.51. The van der Waals surface area contributed by atoms with E-state index in [0.717, 1.165) is 23.2 Å². The molecule has 2 saturated carbocycles. The van der Waals surface area contributed by atoms with Crippen molar-refractivity contribution in [1.29, 1.82) is 0 Å². The summed E-state index contributed by atoms with van der Waals surface area (Å²) in [5.74, 6) is 0.438. The molecule has 1 aromatic rings. The van der Waals surface area contributed by atoms with E-state index >= 15 is 0 Å². The molecule has 0 radical (unpaired) electrons. The summed E-state index contributed by atoms with van der Waals surface area (Å²) < 4.78 is 0. The Morgan fingerprint density at radius 2 is 1.58 bits per heavy atom. The van der Waals surface area contributed by atoms with Crippen molar-refractivity contribution in [3.63, 3.8) is 0 Å². The van der Waals surface area contributed by atoms with E-state index < -0.39 is 0 Å². The van der Waals surface area contributed by atoms with Gasteiger partial charge in [-0.2, -0.15) is 0 Å². The van der Waals surface area contributed by atoms with Crippen molar-refractivity contribution in [1.82, 2.24) is 4.90 Å². The standard InChI is InChI=1S/C21H22N2O3/c1-10-4-3-5-11(2)19(10)22-16(24)9-23-20(25)17-12-6-7-13(15-8-14(12)15)18(17)21(23)26/h3-7,12-15,17-18H,8-9H2,1-2H3,(H,22,24)/t12-,13+,14-,15-,17+,18-/m1/s1. The molecule has 5 heteroatoms. The maximum Gasteiger partial charge on any atom is 0.244 e. The molecule has 0 spiro atoms. The van der Waals surface area contributed by atoms with Crippen LogP contribution in [0.2, 0.25) is 0 Å². The minimum absolute atomic E-state index is 0.152. The average Bonchev–Trinajstić information content (AvgIpc) is 3.40. The van der Waals surface area contributed by atoms with Crippen molar-refractivity contribution in [2.45, 2.75) is 20.3 Å². The van der Waals surface area contributed by atoms with Crippen molar-refractivity contribution in [3.8, 4) is 0 Å². The zero-order chi connectivity index (χ0) is 18.2. The van der Waals surface area contributed by atoms with E-state index in [2.05, 4.69) is 17.5 Å². The molecule has 1 saturated heterocycles. The molecular formula is C21H22N2O3. The second kappa shape index (κ2) is 5.29. The Morgan fingerprint density at radius 1 is 1.04 bits per heavy atom. The number of hydrogen-bond donors (Lipinski definition) is 1. The van der Waals surface area contributed by atoms with Gasteiger partial charge in [-0.3, -0.25) is 19.3 Å². The third-order valence-corrected chi connectivity index (χ3v) is 6.80. The maximum atomic E-state index is 12.9. The van der Waals surface area contributed by atoms with Crippen molar-refractivity contribution in [2.24, 2.45) is 35.5 Å². The van der Waals surface area contributed by atoms with Gasteiger partial charge in [-0.25, -0.2) is 0 Å². The number of para-hydroxylation sites is 1. The van der Waals surface area contributed by atoms with Crippen LogP contribution >= 0.6 is 0 Å². The Labute approximate surface area is 152 Å². The predicted molar refractivity (Wildman–Crippen MR) is 96.0 cm³/mol. The predicted octanol–water partition coefficient (Wildman–Crippen LogP) is 2.30. The van der Waals surface area contributed by atoms with Gasteiger partial charge in [-0.1, -0.05) is 30.4 Å². The van der Waals surface area contributed by atoms with Gasteiger partial charge in [0.05, 0.1) is 11.8 Å². The lowest BCUT2D eigenvalue weighted by atomic mass is 9.63. The van der Waals surface area contributed by atoms with Gasteiger partial charge in [-0.15, -0.1) is 0 Å². The first-order chi connectivity index (χ1) is 12.5. The lowest BCUT2D eigenvalue weighted by Gasteiger charge is -2.37. The molecule has 3 amide bonds. The first-order valence-corrected chi connectivity index (χ1v) is 9.37. The van der Waals surface area contributed by atoms with E-state index in [1.165, 1.54) is 4.90 Å². The maximum absolute atomic E-state index is 12.9. The minimum Gasteiger partial charge on any atom is -0.324 e. The number of benzene rings is 1. The minimum atomic E-state index is -0.312. The Hall–Kier alpha value is -2.43. The molecule has 6 atom stereocenters. The molecule has 6 rings (SSSR count). The normalized spacial score (nSPS) is 36.2. The fraction of sp³-hybridized carbons (Fsp3) is 0.476. The lowest BCUT2D eigenvalue weighted by molar-refractivity contribution is -0.142. The Morgan fingerprint density at radius 3 is 2.12 bits per heavy atom. The van der Waals surface area contributed by atoms with Gasteiger partial charge in [0.2, 0.25) is 17.7 Å². The van der Waals surface area contributed by atoms with Crippen LogP contribution < -0.4 is 5.32 Å². The highest BCUT2D eigenvalue weighted by molar-refractivity contribution is 6.09. The van der Waals surface area contributed by atoms with E-state index in [4.69, 9.17) is 0 Å². The summed E-state index contributed by atoms with van der Waals surface area (Å²) in [5, 5.41) is 2.88. The van der Waals surface area contributed by atoms with Crippen molar-refractivity contribution >= 4 is 23.4 Å². The molecule has 1 aliphatic heterocycles. The number of carbonyl (C=O) groups excluding carboxylic acids is 3. The summed E-state index contributed by atoms with van der Waals surface area (Å²) in [7, 11) is 0. The second-order valence-electron chi connectivity index (χ2n) is 8.23. The van der Waals surface area contributed by atoms with Gasteiger partial charge in [0.1, 0.15) is 6.54 Å². The quantitative estimate of drug-likeness (QED) is 0.672. The largest absolute Gasteiger partial charge is 0.324 e. The highest BCUT2D eigenvalue weighted by Gasteiger charge is 2.67. The summed E-state index contributed by atoms with van der Waals surface area (Å²) in [6.45, 7) is 3.67. The summed E-state index contributed by atoms with van der Waals surface area (Å²) in [4.78, 5) is 39.6. The number of amides is 3. The van der Waals surface area contributed by atoms with Crippen LogP contribution in [0.4, 0.5) is 5.69 Å². The molecule has 1 heterocycles. The van der Waals surface area contributed by atoms with Crippen molar-refractivity contribution in [2.75, 3.05) is 11.9 Å². The zero-order valence-corrected chi connectivity index (χ0v) is 14.9. The smallest absolute Gasteiger partial charge is 0.244 e. The van der Waals surface area contributed by atoms with Crippen molar-refractivity contribution < 1.29 is 14.4 Å². The first kappa shape index (κ1) is 15.8. The van der Waals surface area contributed by atoms with Crippen LogP contribution in [0.25, 0.3) is 0 Å². The molecule has 134 valence electrons. The van der Waals surface area contributed by atoms with E-state index in [1.807, 2.05) is 32.0 Å². The van der Waals surface area contributed by atoms with Crippen LogP contribution in [0.3, 0.4) is 0 Å². The van der Waals surface area contributed by atoms with Gasteiger partial charge in [-0.05, 0) is 55.1 Å².